The molecule has 1 heterocycles. The fraction of sp³-hybridized carbons (Fsp3) is 0.154. The lowest BCUT2D eigenvalue weighted by Gasteiger charge is -2.07. The number of nitrogens with zero attached hydrogens (tertiary/aromatic N) is 2. The Morgan fingerprint density at radius 1 is 1.24 bits per heavy atom. The number of carbonyl (C=O) groups excluding carboxylic acids is 1. The van der Waals surface area contributed by atoms with Crippen LogP contribution in [-0.4, -0.2) is 23.0 Å². The van der Waals surface area contributed by atoms with Crippen LogP contribution in [0.3, 0.4) is 0 Å². The van der Waals surface area contributed by atoms with E-state index >= 15 is 0 Å². The van der Waals surface area contributed by atoms with Gasteiger partial charge in [-0.25, -0.2) is 14.8 Å². The minimum atomic E-state index is -0.364. The zero-order valence-corrected chi connectivity index (χ0v) is 9.68. The summed E-state index contributed by atoms with van der Waals surface area (Å²) in [7, 11) is 1.37. The van der Waals surface area contributed by atoms with Gasteiger partial charge in [0.2, 0.25) is 0 Å². The fourth-order valence-electron chi connectivity index (χ4n) is 1.60. The van der Waals surface area contributed by atoms with E-state index in [1.54, 1.807) is 24.4 Å². The third-order valence-electron chi connectivity index (χ3n) is 2.38. The molecule has 0 atom stereocenters. The van der Waals surface area contributed by atoms with Crippen LogP contribution in [0.15, 0.2) is 36.5 Å². The van der Waals surface area contributed by atoms with Gasteiger partial charge < -0.3 is 4.74 Å². The summed E-state index contributed by atoms with van der Waals surface area (Å²) in [6.07, 6.45) is 1.67. The van der Waals surface area contributed by atoms with E-state index in [2.05, 4.69) is 9.97 Å². The lowest BCUT2D eigenvalue weighted by atomic mass is 10.0. The quantitative estimate of drug-likeness (QED) is 0.740. The molecule has 0 aliphatic heterocycles. The fourth-order valence-corrected chi connectivity index (χ4v) is 1.60. The second-order valence-corrected chi connectivity index (χ2v) is 3.53. The molecule has 1 aromatic carbocycles. The van der Waals surface area contributed by atoms with Crippen LogP contribution in [0.2, 0.25) is 0 Å². The first-order valence-electron chi connectivity index (χ1n) is 5.19. The first kappa shape index (κ1) is 11.3. The minimum Gasteiger partial charge on any atom is -0.465 e. The Morgan fingerprint density at radius 3 is 2.71 bits per heavy atom. The highest BCUT2D eigenvalue weighted by Crippen LogP contribution is 2.21. The van der Waals surface area contributed by atoms with Gasteiger partial charge in [0.05, 0.1) is 18.4 Å². The summed E-state index contributed by atoms with van der Waals surface area (Å²) in [6.45, 7) is 1.81. The third-order valence-corrected chi connectivity index (χ3v) is 2.38. The molecule has 0 amide bonds. The van der Waals surface area contributed by atoms with Crippen LogP contribution in [0, 0.1) is 6.92 Å². The van der Waals surface area contributed by atoms with Gasteiger partial charge in [0, 0.05) is 11.8 Å². The molecule has 0 N–H and O–H groups in total. The van der Waals surface area contributed by atoms with Gasteiger partial charge in [-0.15, -0.1) is 0 Å². The molecular weight excluding hydrogens is 216 g/mol. The number of esters is 1. The van der Waals surface area contributed by atoms with Crippen LogP contribution < -0.4 is 0 Å². The number of hydrogen-bond donors (Lipinski definition) is 0. The highest BCUT2D eigenvalue weighted by molar-refractivity contribution is 5.96. The Hall–Kier alpha value is -2.23. The van der Waals surface area contributed by atoms with Gasteiger partial charge in [-0.3, -0.25) is 0 Å². The summed E-state index contributed by atoms with van der Waals surface area (Å²) < 4.78 is 4.75. The van der Waals surface area contributed by atoms with E-state index in [9.17, 15) is 4.79 Å². The molecule has 4 nitrogen and oxygen atoms in total. The zero-order chi connectivity index (χ0) is 12.3. The number of rotatable bonds is 2. The van der Waals surface area contributed by atoms with Gasteiger partial charge in [-0.2, -0.15) is 0 Å². The highest BCUT2D eigenvalue weighted by Gasteiger charge is 2.13. The average molecular weight is 228 g/mol. The molecule has 0 unspecified atom stereocenters. The van der Waals surface area contributed by atoms with E-state index in [1.807, 2.05) is 19.1 Å². The van der Waals surface area contributed by atoms with E-state index in [4.69, 9.17) is 4.74 Å². The number of methoxy groups -OCH3 is 1. The summed E-state index contributed by atoms with van der Waals surface area (Å²) in [4.78, 5) is 20.0. The molecule has 0 aliphatic carbocycles. The van der Waals surface area contributed by atoms with Crippen LogP contribution in [0.5, 0.6) is 0 Å². The molecule has 1 aromatic heterocycles. The molecule has 2 rings (SSSR count). The van der Waals surface area contributed by atoms with Crippen molar-refractivity contribution in [1.29, 1.82) is 0 Å². The molecule has 0 fully saturated rings. The summed E-state index contributed by atoms with van der Waals surface area (Å²) in [6, 6.07) is 8.99. The molecule has 17 heavy (non-hydrogen) atoms. The summed E-state index contributed by atoms with van der Waals surface area (Å²) in [5.74, 6) is 0.305. The van der Waals surface area contributed by atoms with Crippen LogP contribution in [0.1, 0.15) is 16.2 Å². The molecule has 0 bridgehead atoms. The van der Waals surface area contributed by atoms with Crippen molar-refractivity contribution in [3.8, 4) is 11.3 Å². The third kappa shape index (κ3) is 2.30. The van der Waals surface area contributed by atoms with E-state index in [-0.39, 0.29) is 5.97 Å². The van der Waals surface area contributed by atoms with Gasteiger partial charge >= 0.3 is 5.97 Å². The van der Waals surface area contributed by atoms with Gasteiger partial charge in [0.25, 0.3) is 0 Å². The van der Waals surface area contributed by atoms with Crippen molar-refractivity contribution in [2.24, 2.45) is 0 Å². The monoisotopic (exact) mass is 228 g/mol. The number of ether oxygens (including phenoxy) is 1. The first-order chi connectivity index (χ1) is 8.22. The van der Waals surface area contributed by atoms with Crippen molar-refractivity contribution in [3.05, 3.63) is 47.9 Å². The van der Waals surface area contributed by atoms with Gasteiger partial charge in [-0.1, -0.05) is 18.2 Å². The maximum Gasteiger partial charge on any atom is 0.338 e. The van der Waals surface area contributed by atoms with E-state index in [1.165, 1.54) is 7.11 Å². The minimum absolute atomic E-state index is 0.364. The first-order valence-corrected chi connectivity index (χ1v) is 5.19. The van der Waals surface area contributed by atoms with E-state index < -0.39 is 0 Å². The second-order valence-electron chi connectivity index (χ2n) is 3.53. The Balaban J connectivity index is 2.55. The number of benzene rings is 1. The predicted octanol–water partition coefficient (Wildman–Crippen LogP) is 2.24. The van der Waals surface area contributed by atoms with Crippen molar-refractivity contribution >= 4 is 5.97 Å². The second kappa shape index (κ2) is 4.74. The Bertz CT molecular complexity index is 553. The van der Waals surface area contributed by atoms with Crippen LogP contribution in [-0.2, 0) is 4.74 Å². The molecule has 0 saturated carbocycles. The number of aromatic nitrogens is 2. The van der Waals surface area contributed by atoms with Crippen LogP contribution in [0.4, 0.5) is 0 Å². The Kier molecular flexibility index (Phi) is 3.14. The maximum atomic E-state index is 11.6. The van der Waals surface area contributed by atoms with E-state index in [0.717, 1.165) is 11.3 Å². The number of hydrogen-bond acceptors (Lipinski definition) is 4. The summed E-state index contributed by atoms with van der Waals surface area (Å²) in [5.41, 5.74) is 1.98. The Morgan fingerprint density at radius 2 is 2.00 bits per heavy atom. The van der Waals surface area contributed by atoms with Crippen LogP contribution in [0.25, 0.3) is 11.3 Å². The SMILES string of the molecule is COC(=O)c1ccccc1-c1ccnc(C)n1. The molecule has 0 spiro atoms. The smallest absolute Gasteiger partial charge is 0.338 e. The zero-order valence-electron chi connectivity index (χ0n) is 9.68. The normalized spacial score (nSPS) is 10.0. The number of aryl methyl sites for hydroxylation is 1. The standard InChI is InChI=1S/C13H12N2O2/c1-9-14-8-7-12(15-9)10-5-3-4-6-11(10)13(16)17-2/h3-8H,1-2H3. The van der Waals surface area contributed by atoms with Crippen molar-refractivity contribution in [1.82, 2.24) is 9.97 Å². The van der Waals surface area contributed by atoms with Crippen molar-refractivity contribution in [2.45, 2.75) is 6.92 Å². The molecular formula is C13H12N2O2. The number of carbonyl (C=O) groups is 1. The predicted molar refractivity (Wildman–Crippen MR) is 63.5 cm³/mol. The van der Waals surface area contributed by atoms with E-state index in [0.29, 0.717) is 11.4 Å². The lowest BCUT2D eigenvalue weighted by Crippen LogP contribution is -2.04. The molecule has 86 valence electrons. The van der Waals surface area contributed by atoms with Crippen molar-refractivity contribution in [3.63, 3.8) is 0 Å². The largest absolute Gasteiger partial charge is 0.465 e. The average Bonchev–Trinajstić information content (AvgIpc) is 2.38. The summed E-state index contributed by atoms with van der Waals surface area (Å²) >= 11 is 0. The molecule has 2 aromatic rings. The van der Waals surface area contributed by atoms with Gasteiger partial charge in [0.1, 0.15) is 5.82 Å². The molecule has 0 saturated heterocycles. The highest BCUT2D eigenvalue weighted by atomic mass is 16.5. The lowest BCUT2D eigenvalue weighted by molar-refractivity contribution is 0.0601. The van der Waals surface area contributed by atoms with Crippen molar-refractivity contribution in [2.75, 3.05) is 7.11 Å². The van der Waals surface area contributed by atoms with Gasteiger partial charge in [0.15, 0.2) is 0 Å². The van der Waals surface area contributed by atoms with Crippen LogP contribution >= 0.6 is 0 Å². The molecule has 4 heteroatoms. The maximum absolute atomic E-state index is 11.6. The van der Waals surface area contributed by atoms with Gasteiger partial charge in [-0.05, 0) is 19.1 Å². The van der Waals surface area contributed by atoms with Crippen molar-refractivity contribution < 1.29 is 9.53 Å². The molecule has 0 aliphatic rings. The Labute approximate surface area is 99.3 Å². The summed E-state index contributed by atoms with van der Waals surface area (Å²) in [5, 5.41) is 0. The molecule has 0 radical (unpaired) electrons. The topological polar surface area (TPSA) is 52.1 Å².